The molecule has 2 aliphatic rings. The molecule has 6 nitrogen and oxygen atoms in total. The summed E-state index contributed by atoms with van der Waals surface area (Å²) in [7, 11) is 0. The van der Waals surface area contributed by atoms with Gasteiger partial charge in [0.05, 0.1) is 6.61 Å². The number of morpholine rings is 1. The number of hydrogen-bond donors (Lipinski definition) is 2. The van der Waals surface area contributed by atoms with Crippen molar-refractivity contribution in [2.75, 3.05) is 26.2 Å². The first-order valence-electron chi connectivity index (χ1n) is 5.62. The molecule has 2 fully saturated rings. The lowest BCUT2D eigenvalue weighted by Crippen LogP contribution is -2.53. The first kappa shape index (κ1) is 11.3. The van der Waals surface area contributed by atoms with Gasteiger partial charge in [-0.05, 0) is 12.8 Å². The van der Waals surface area contributed by atoms with E-state index in [0.29, 0.717) is 26.1 Å². The largest absolute Gasteiger partial charge is 0.368 e. The molecule has 0 spiro atoms. The lowest BCUT2D eigenvalue weighted by Gasteiger charge is -2.29. The van der Waals surface area contributed by atoms with Crippen LogP contribution in [0.15, 0.2) is 0 Å². The SMILES string of the molecule is NC(=O)C1CCCN1C(=O)C1CNCCO1. The molecular formula is C10H17N3O3. The van der Waals surface area contributed by atoms with Crippen molar-refractivity contribution in [1.82, 2.24) is 10.2 Å². The van der Waals surface area contributed by atoms with Crippen LogP contribution in [-0.2, 0) is 14.3 Å². The monoisotopic (exact) mass is 227 g/mol. The van der Waals surface area contributed by atoms with Gasteiger partial charge in [-0.15, -0.1) is 0 Å². The highest BCUT2D eigenvalue weighted by Crippen LogP contribution is 2.18. The maximum atomic E-state index is 12.1. The molecule has 3 N–H and O–H groups in total. The average Bonchev–Trinajstić information content (AvgIpc) is 2.78. The van der Waals surface area contributed by atoms with E-state index in [1.807, 2.05) is 0 Å². The third-order valence-electron chi connectivity index (χ3n) is 3.07. The molecule has 0 aromatic rings. The zero-order valence-corrected chi connectivity index (χ0v) is 9.15. The van der Waals surface area contributed by atoms with Gasteiger partial charge in [0.25, 0.3) is 5.91 Å². The normalized spacial score (nSPS) is 30.4. The molecule has 16 heavy (non-hydrogen) atoms. The van der Waals surface area contributed by atoms with Gasteiger partial charge in [0.15, 0.2) is 0 Å². The number of primary amides is 1. The van der Waals surface area contributed by atoms with E-state index in [1.54, 1.807) is 4.90 Å². The van der Waals surface area contributed by atoms with Gasteiger partial charge in [-0.1, -0.05) is 0 Å². The Bertz CT molecular complexity index is 289. The summed E-state index contributed by atoms with van der Waals surface area (Å²) in [6, 6.07) is -0.446. The molecule has 2 atom stereocenters. The maximum absolute atomic E-state index is 12.1. The zero-order valence-electron chi connectivity index (χ0n) is 9.15. The molecule has 0 saturated carbocycles. The van der Waals surface area contributed by atoms with Crippen molar-refractivity contribution >= 4 is 11.8 Å². The highest BCUT2D eigenvalue weighted by Gasteiger charge is 2.36. The minimum atomic E-state index is -0.464. The predicted octanol–water partition coefficient (Wildman–Crippen LogP) is -1.55. The highest BCUT2D eigenvalue weighted by molar-refractivity contribution is 5.89. The molecule has 0 aromatic carbocycles. The smallest absolute Gasteiger partial charge is 0.253 e. The summed E-state index contributed by atoms with van der Waals surface area (Å²) in [4.78, 5) is 24.8. The summed E-state index contributed by atoms with van der Waals surface area (Å²) >= 11 is 0. The Hall–Kier alpha value is -1.14. The second-order valence-corrected chi connectivity index (χ2v) is 4.16. The Morgan fingerprint density at radius 1 is 1.44 bits per heavy atom. The molecule has 0 aliphatic carbocycles. The fourth-order valence-corrected chi connectivity index (χ4v) is 2.24. The topological polar surface area (TPSA) is 84.7 Å². The average molecular weight is 227 g/mol. The van der Waals surface area contributed by atoms with Gasteiger partial charge in [0.2, 0.25) is 5.91 Å². The minimum absolute atomic E-state index is 0.117. The standard InChI is InChI=1S/C10H17N3O3/c11-9(14)7-2-1-4-13(7)10(15)8-6-12-3-5-16-8/h7-8,12H,1-6H2,(H2,11,14). The van der Waals surface area contributed by atoms with Gasteiger partial charge in [-0.25, -0.2) is 0 Å². The van der Waals surface area contributed by atoms with Crippen molar-refractivity contribution in [2.24, 2.45) is 5.73 Å². The van der Waals surface area contributed by atoms with Crippen molar-refractivity contribution in [2.45, 2.75) is 25.0 Å². The van der Waals surface area contributed by atoms with Gasteiger partial charge in [-0.2, -0.15) is 0 Å². The lowest BCUT2D eigenvalue weighted by molar-refractivity contribution is -0.148. The number of hydrogen-bond acceptors (Lipinski definition) is 4. The van der Waals surface area contributed by atoms with Crippen LogP contribution in [0.1, 0.15) is 12.8 Å². The van der Waals surface area contributed by atoms with E-state index in [2.05, 4.69) is 5.32 Å². The van der Waals surface area contributed by atoms with Crippen LogP contribution in [0.4, 0.5) is 0 Å². The predicted molar refractivity (Wildman–Crippen MR) is 56.5 cm³/mol. The minimum Gasteiger partial charge on any atom is -0.368 e. The molecular weight excluding hydrogens is 210 g/mol. The molecule has 2 unspecified atom stereocenters. The van der Waals surface area contributed by atoms with Crippen LogP contribution >= 0.6 is 0 Å². The zero-order chi connectivity index (χ0) is 11.5. The number of likely N-dealkylation sites (tertiary alicyclic amines) is 1. The molecule has 0 radical (unpaired) electrons. The fourth-order valence-electron chi connectivity index (χ4n) is 2.24. The first-order chi connectivity index (χ1) is 7.70. The highest BCUT2D eigenvalue weighted by atomic mass is 16.5. The molecule has 6 heteroatoms. The lowest BCUT2D eigenvalue weighted by atomic mass is 10.2. The number of ether oxygens (including phenoxy) is 1. The van der Waals surface area contributed by atoms with E-state index in [1.165, 1.54) is 0 Å². The van der Waals surface area contributed by atoms with E-state index in [0.717, 1.165) is 13.0 Å². The van der Waals surface area contributed by atoms with Gasteiger partial charge in [0, 0.05) is 19.6 Å². The summed E-state index contributed by atoms with van der Waals surface area (Å²) in [6.07, 6.45) is 1.04. The Labute approximate surface area is 94.1 Å². The molecule has 2 rings (SSSR count). The Balaban J connectivity index is 1.99. The van der Waals surface area contributed by atoms with Gasteiger partial charge < -0.3 is 20.7 Å². The van der Waals surface area contributed by atoms with Crippen LogP contribution in [-0.4, -0.2) is 55.1 Å². The van der Waals surface area contributed by atoms with Gasteiger partial charge in [0.1, 0.15) is 12.1 Å². The second-order valence-electron chi connectivity index (χ2n) is 4.16. The fraction of sp³-hybridized carbons (Fsp3) is 0.800. The first-order valence-corrected chi connectivity index (χ1v) is 5.62. The third kappa shape index (κ3) is 2.17. The quantitative estimate of drug-likeness (QED) is 0.598. The summed E-state index contributed by atoms with van der Waals surface area (Å²) in [5.74, 6) is -0.539. The van der Waals surface area contributed by atoms with Crippen LogP contribution in [0.5, 0.6) is 0 Å². The molecule has 2 amide bonds. The summed E-state index contributed by atoms with van der Waals surface area (Å²) in [5.41, 5.74) is 5.27. The number of rotatable bonds is 2. The number of nitrogens with one attached hydrogen (secondary N) is 1. The molecule has 0 bridgehead atoms. The summed E-state index contributed by atoms with van der Waals surface area (Å²) in [5, 5.41) is 3.09. The van der Waals surface area contributed by atoms with Gasteiger partial charge in [-0.3, -0.25) is 9.59 Å². The number of carbonyl (C=O) groups is 2. The molecule has 2 heterocycles. The third-order valence-corrected chi connectivity index (χ3v) is 3.07. The van der Waals surface area contributed by atoms with E-state index >= 15 is 0 Å². The van der Waals surface area contributed by atoms with Crippen molar-refractivity contribution < 1.29 is 14.3 Å². The van der Waals surface area contributed by atoms with E-state index in [-0.39, 0.29) is 5.91 Å². The molecule has 0 aromatic heterocycles. The Morgan fingerprint density at radius 3 is 2.88 bits per heavy atom. The van der Waals surface area contributed by atoms with E-state index in [4.69, 9.17) is 10.5 Å². The van der Waals surface area contributed by atoms with Crippen molar-refractivity contribution in [1.29, 1.82) is 0 Å². The summed E-state index contributed by atoms with van der Waals surface area (Å²) < 4.78 is 5.37. The van der Waals surface area contributed by atoms with Crippen LogP contribution in [0.25, 0.3) is 0 Å². The molecule has 2 aliphatic heterocycles. The Morgan fingerprint density at radius 2 is 2.25 bits per heavy atom. The molecule has 90 valence electrons. The number of amides is 2. The van der Waals surface area contributed by atoms with Gasteiger partial charge >= 0.3 is 0 Å². The van der Waals surface area contributed by atoms with Crippen LogP contribution in [0, 0.1) is 0 Å². The van der Waals surface area contributed by atoms with E-state index < -0.39 is 18.1 Å². The van der Waals surface area contributed by atoms with E-state index in [9.17, 15) is 9.59 Å². The van der Waals surface area contributed by atoms with Crippen LogP contribution < -0.4 is 11.1 Å². The van der Waals surface area contributed by atoms with Crippen molar-refractivity contribution in [3.05, 3.63) is 0 Å². The molecule has 2 saturated heterocycles. The second kappa shape index (κ2) is 4.80. The summed E-state index contributed by atoms with van der Waals surface area (Å²) in [6.45, 7) is 2.42. The number of carbonyl (C=O) groups excluding carboxylic acids is 2. The van der Waals surface area contributed by atoms with Crippen LogP contribution in [0.3, 0.4) is 0 Å². The van der Waals surface area contributed by atoms with Crippen molar-refractivity contribution in [3.8, 4) is 0 Å². The van der Waals surface area contributed by atoms with Crippen molar-refractivity contribution in [3.63, 3.8) is 0 Å². The maximum Gasteiger partial charge on any atom is 0.253 e. The Kier molecular flexibility index (Phi) is 3.40. The van der Waals surface area contributed by atoms with Crippen LogP contribution in [0.2, 0.25) is 0 Å². The number of nitrogens with two attached hydrogens (primary N) is 1. The number of nitrogens with zero attached hydrogens (tertiary/aromatic N) is 1.